The van der Waals surface area contributed by atoms with Gasteiger partial charge >= 0.3 is 0 Å². The van der Waals surface area contributed by atoms with Crippen molar-refractivity contribution in [3.8, 4) is 5.69 Å². The highest BCUT2D eigenvalue weighted by atomic mass is 16.2. The van der Waals surface area contributed by atoms with E-state index in [0.29, 0.717) is 18.8 Å². The quantitative estimate of drug-likeness (QED) is 0.824. The monoisotopic (exact) mass is 381 g/mol. The van der Waals surface area contributed by atoms with E-state index in [1.54, 1.807) is 12.5 Å². The van der Waals surface area contributed by atoms with Crippen molar-refractivity contribution >= 4 is 11.8 Å². The number of benzene rings is 1. The Kier molecular flexibility index (Phi) is 5.71. The largest absolute Gasteiger partial charge is 0.354 e. The van der Waals surface area contributed by atoms with Crippen molar-refractivity contribution in [1.82, 2.24) is 25.1 Å². The molecule has 7 nitrogen and oxygen atoms in total. The molecule has 3 heterocycles. The topological polar surface area (TPSA) is 79.3 Å². The van der Waals surface area contributed by atoms with Crippen LogP contribution < -0.4 is 10.6 Å². The molecule has 2 aliphatic rings. The number of aromatic nitrogens is 2. The van der Waals surface area contributed by atoms with Gasteiger partial charge in [0, 0.05) is 25.3 Å². The van der Waals surface area contributed by atoms with Gasteiger partial charge in [-0.15, -0.1) is 0 Å². The Bertz CT molecular complexity index is 813. The summed E-state index contributed by atoms with van der Waals surface area (Å²) in [5, 5.41) is 6.29. The van der Waals surface area contributed by atoms with Gasteiger partial charge < -0.3 is 15.5 Å². The minimum atomic E-state index is -0.0541. The van der Waals surface area contributed by atoms with Crippen LogP contribution in [0.2, 0.25) is 0 Å². The molecule has 2 N–H and O–H groups in total. The Hall–Kier alpha value is -2.67. The number of hydrogen-bond acceptors (Lipinski definition) is 4. The molecule has 0 bridgehead atoms. The molecule has 0 spiro atoms. The van der Waals surface area contributed by atoms with Gasteiger partial charge in [-0.1, -0.05) is 18.2 Å². The maximum Gasteiger partial charge on any atom is 0.272 e. The van der Waals surface area contributed by atoms with Crippen LogP contribution in [0.15, 0.2) is 42.9 Å². The van der Waals surface area contributed by atoms with Crippen LogP contribution in [-0.2, 0) is 4.79 Å². The first kappa shape index (κ1) is 18.7. The van der Waals surface area contributed by atoms with Crippen molar-refractivity contribution < 1.29 is 9.59 Å². The summed E-state index contributed by atoms with van der Waals surface area (Å²) in [7, 11) is 0. The Morgan fingerprint density at radius 3 is 2.82 bits per heavy atom. The number of nitrogens with zero attached hydrogens (tertiary/aromatic N) is 3. The number of rotatable bonds is 5. The van der Waals surface area contributed by atoms with Gasteiger partial charge in [0.2, 0.25) is 5.91 Å². The molecule has 0 aliphatic carbocycles. The van der Waals surface area contributed by atoms with Crippen molar-refractivity contribution in [1.29, 1.82) is 0 Å². The number of likely N-dealkylation sites (tertiary alicyclic amines) is 1. The van der Waals surface area contributed by atoms with Crippen LogP contribution in [-0.4, -0.2) is 58.5 Å². The normalized spacial score (nSPS) is 22.2. The number of carbonyl (C=O) groups is 2. The zero-order chi connectivity index (χ0) is 19.3. The Balaban J connectivity index is 1.37. The van der Waals surface area contributed by atoms with E-state index in [4.69, 9.17) is 0 Å². The number of piperidine rings is 1. The highest BCUT2D eigenvalue weighted by Gasteiger charge is 2.28. The maximum atomic E-state index is 13.1. The average molecular weight is 381 g/mol. The number of amides is 2. The first-order chi connectivity index (χ1) is 13.7. The summed E-state index contributed by atoms with van der Waals surface area (Å²) in [6.07, 6.45) is 7.25. The van der Waals surface area contributed by atoms with Crippen LogP contribution >= 0.6 is 0 Å². The van der Waals surface area contributed by atoms with E-state index >= 15 is 0 Å². The van der Waals surface area contributed by atoms with E-state index in [2.05, 4.69) is 15.6 Å². The first-order valence-corrected chi connectivity index (χ1v) is 10.1. The molecule has 1 aromatic carbocycles. The van der Waals surface area contributed by atoms with E-state index in [1.807, 2.05) is 39.8 Å². The molecule has 28 heavy (non-hydrogen) atoms. The third-order valence-electron chi connectivity index (χ3n) is 5.64. The van der Waals surface area contributed by atoms with Crippen LogP contribution in [0.5, 0.6) is 0 Å². The molecule has 0 radical (unpaired) electrons. The fourth-order valence-electron chi connectivity index (χ4n) is 4.10. The Morgan fingerprint density at radius 2 is 2.04 bits per heavy atom. The van der Waals surface area contributed by atoms with Gasteiger partial charge in [-0.25, -0.2) is 4.98 Å². The molecule has 2 aliphatic heterocycles. The van der Waals surface area contributed by atoms with Crippen LogP contribution in [0.3, 0.4) is 0 Å². The molecule has 2 amide bonds. The standard InChI is InChI=1S/C21H27N5O2/c27-20(18-9-4-10-23-18)24-12-16-6-5-11-25(14-16)21(28)19-13-22-15-26(19)17-7-2-1-3-8-17/h1-3,7-8,13,15-16,18,23H,4-6,9-12,14H2,(H,24,27). The summed E-state index contributed by atoms with van der Waals surface area (Å²) in [6, 6.07) is 9.72. The number of para-hydroxylation sites is 1. The van der Waals surface area contributed by atoms with Crippen LogP contribution in [0.25, 0.3) is 5.69 Å². The minimum Gasteiger partial charge on any atom is -0.354 e. The van der Waals surface area contributed by atoms with Crippen molar-refractivity contribution in [3.05, 3.63) is 48.5 Å². The van der Waals surface area contributed by atoms with E-state index in [0.717, 1.165) is 44.5 Å². The summed E-state index contributed by atoms with van der Waals surface area (Å²) < 4.78 is 1.83. The van der Waals surface area contributed by atoms with Crippen molar-refractivity contribution in [2.45, 2.75) is 31.7 Å². The molecule has 148 valence electrons. The lowest BCUT2D eigenvalue weighted by Gasteiger charge is -2.33. The second-order valence-corrected chi connectivity index (χ2v) is 7.64. The summed E-state index contributed by atoms with van der Waals surface area (Å²) in [4.78, 5) is 31.4. The molecule has 1 aromatic heterocycles. The van der Waals surface area contributed by atoms with Crippen LogP contribution in [0.1, 0.15) is 36.2 Å². The third-order valence-corrected chi connectivity index (χ3v) is 5.64. The summed E-state index contributed by atoms with van der Waals surface area (Å²) in [5.74, 6) is 0.370. The van der Waals surface area contributed by atoms with E-state index in [9.17, 15) is 9.59 Å². The predicted molar refractivity (Wildman–Crippen MR) is 106 cm³/mol. The lowest BCUT2D eigenvalue weighted by atomic mass is 9.97. The molecule has 2 aromatic rings. The van der Waals surface area contributed by atoms with Gasteiger partial charge in [-0.05, 0) is 50.3 Å². The van der Waals surface area contributed by atoms with Crippen LogP contribution in [0.4, 0.5) is 0 Å². The van der Waals surface area contributed by atoms with Gasteiger partial charge in [0.25, 0.3) is 5.91 Å². The van der Waals surface area contributed by atoms with Crippen LogP contribution in [0, 0.1) is 5.92 Å². The van der Waals surface area contributed by atoms with E-state index < -0.39 is 0 Å². The van der Waals surface area contributed by atoms with Crippen molar-refractivity contribution in [2.75, 3.05) is 26.2 Å². The second-order valence-electron chi connectivity index (χ2n) is 7.64. The number of imidazole rings is 1. The summed E-state index contributed by atoms with van der Waals surface area (Å²) in [5.41, 5.74) is 1.50. The highest BCUT2D eigenvalue weighted by Crippen LogP contribution is 2.20. The maximum absolute atomic E-state index is 13.1. The van der Waals surface area contributed by atoms with Crippen molar-refractivity contribution in [3.63, 3.8) is 0 Å². The first-order valence-electron chi connectivity index (χ1n) is 10.1. The highest BCUT2D eigenvalue weighted by molar-refractivity contribution is 5.93. The fourth-order valence-corrected chi connectivity index (χ4v) is 4.10. The summed E-state index contributed by atoms with van der Waals surface area (Å²) in [6.45, 7) is 2.95. The van der Waals surface area contributed by atoms with Gasteiger partial charge in [0.15, 0.2) is 0 Å². The van der Waals surface area contributed by atoms with Gasteiger partial charge in [-0.3, -0.25) is 14.2 Å². The predicted octanol–water partition coefficient (Wildman–Crippen LogP) is 1.59. The van der Waals surface area contributed by atoms with Gasteiger partial charge in [0.05, 0.1) is 18.6 Å². The smallest absolute Gasteiger partial charge is 0.272 e. The Morgan fingerprint density at radius 1 is 1.18 bits per heavy atom. The molecule has 2 fully saturated rings. The zero-order valence-electron chi connectivity index (χ0n) is 16.0. The lowest BCUT2D eigenvalue weighted by Crippen LogP contribution is -2.47. The SMILES string of the molecule is O=C(NCC1CCCN(C(=O)c2cncn2-c2ccccc2)C1)C1CCCN1. The van der Waals surface area contributed by atoms with Crippen molar-refractivity contribution in [2.24, 2.45) is 5.92 Å². The molecule has 4 rings (SSSR count). The molecule has 2 atom stereocenters. The Labute approximate surface area is 165 Å². The summed E-state index contributed by atoms with van der Waals surface area (Å²) >= 11 is 0. The van der Waals surface area contributed by atoms with Gasteiger partial charge in [0.1, 0.15) is 5.69 Å². The average Bonchev–Trinajstić information content (AvgIpc) is 3.44. The molecule has 0 saturated carbocycles. The van der Waals surface area contributed by atoms with E-state index in [-0.39, 0.29) is 23.8 Å². The minimum absolute atomic E-state index is 0.00478. The molecule has 2 saturated heterocycles. The number of carbonyl (C=O) groups excluding carboxylic acids is 2. The molecular formula is C21H27N5O2. The zero-order valence-corrected chi connectivity index (χ0v) is 16.0. The second kappa shape index (κ2) is 8.56. The number of nitrogens with one attached hydrogen (secondary N) is 2. The van der Waals surface area contributed by atoms with E-state index in [1.165, 1.54) is 0 Å². The third kappa shape index (κ3) is 4.09. The number of hydrogen-bond donors (Lipinski definition) is 2. The lowest BCUT2D eigenvalue weighted by molar-refractivity contribution is -0.123. The molecule has 7 heteroatoms. The van der Waals surface area contributed by atoms with Gasteiger partial charge in [-0.2, -0.15) is 0 Å². The molecular weight excluding hydrogens is 354 g/mol. The fraction of sp³-hybridized carbons (Fsp3) is 0.476. The molecule has 2 unspecified atom stereocenters.